The number of allylic oxidation sites excluding steroid dienone is 1. The standard InChI is InChI=1S/C19H32N2O8.CH4/c1-5-7-13(22)15(24)16(25)17(28-4)18(26)20-12-9-8-11(29-14(23)6-2)10-21(3)19(12)27;/h5,7,11-13,15-17,22,24-25H,6,8-10H2,1-4H3,(H,20,26);1H4/b7-5+;. The fraction of sp³-hybridized carbons (Fsp3) is 0.750. The minimum Gasteiger partial charge on any atom is -0.460 e. The van der Waals surface area contributed by atoms with E-state index in [1.165, 1.54) is 24.2 Å². The third kappa shape index (κ3) is 7.67. The zero-order valence-corrected chi connectivity index (χ0v) is 17.3. The van der Waals surface area contributed by atoms with E-state index in [4.69, 9.17) is 9.47 Å². The number of carbonyl (C=O) groups is 3. The van der Waals surface area contributed by atoms with Crippen LogP contribution in [0.3, 0.4) is 0 Å². The minimum atomic E-state index is -1.72. The van der Waals surface area contributed by atoms with Crippen molar-refractivity contribution in [2.75, 3.05) is 20.7 Å². The number of hydrogen-bond donors (Lipinski definition) is 4. The Morgan fingerprint density at radius 1 is 1.27 bits per heavy atom. The van der Waals surface area contributed by atoms with Gasteiger partial charge in [0.25, 0.3) is 5.91 Å². The second-order valence-corrected chi connectivity index (χ2v) is 6.98. The number of esters is 1. The summed E-state index contributed by atoms with van der Waals surface area (Å²) in [5.41, 5.74) is 0. The van der Waals surface area contributed by atoms with E-state index >= 15 is 0 Å². The third-order valence-corrected chi connectivity index (χ3v) is 4.74. The van der Waals surface area contributed by atoms with Crippen molar-refractivity contribution < 1.29 is 39.2 Å². The Morgan fingerprint density at radius 2 is 1.90 bits per heavy atom. The van der Waals surface area contributed by atoms with Crippen molar-refractivity contribution in [3.8, 4) is 0 Å². The van der Waals surface area contributed by atoms with E-state index in [9.17, 15) is 29.7 Å². The van der Waals surface area contributed by atoms with Crippen molar-refractivity contribution in [1.29, 1.82) is 0 Å². The first-order valence-corrected chi connectivity index (χ1v) is 9.60. The molecule has 0 spiro atoms. The zero-order chi connectivity index (χ0) is 22.1. The van der Waals surface area contributed by atoms with Crippen LogP contribution in [0.15, 0.2) is 12.2 Å². The van der Waals surface area contributed by atoms with Gasteiger partial charge in [0.15, 0.2) is 6.10 Å². The van der Waals surface area contributed by atoms with Crippen LogP contribution in [0, 0.1) is 0 Å². The van der Waals surface area contributed by atoms with E-state index in [1.807, 2.05) is 0 Å². The number of carbonyl (C=O) groups excluding carboxylic acids is 3. The van der Waals surface area contributed by atoms with Crippen molar-refractivity contribution in [2.45, 2.75) is 77.1 Å². The molecular formula is C20H36N2O8. The average molecular weight is 433 g/mol. The molecule has 0 aromatic carbocycles. The van der Waals surface area contributed by atoms with Crippen LogP contribution in [-0.2, 0) is 23.9 Å². The van der Waals surface area contributed by atoms with Gasteiger partial charge in [0.2, 0.25) is 5.91 Å². The van der Waals surface area contributed by atoms with Crippen molar-refractivity contribution in [3.63, 3.8) is 0 Å². The van der Waals surface area contributed by atoms with Gasteiger partial charge in [0, 0.05) is 20.6 Å². The van der Waals surface area contributed by atoms with E-state index < -0.39 is 42.5 Å². The maximum Gasteiger partial charge on any atom is 0.305 e. The van der Waals surface area contributed by atoms with Gasteiger partial charge in [-0.25, -0.2) is 0 Å². The molecule has 1 fully saturated rings. The van der Waals surface area contributed by atoms with Gasteiger partial charge >= 0.3 is 5.97 Å². The highest BCUT2D eigenvalue weighted by Gasteiger charge is 2.38. The molecular weight excluding hydrogens is 396 g/mol. The first-order chi connectivity index (χ1) is 13.7. The molecule has 0 aromatic heterocycles. The van der Waals surface area contributed by atoms with Gasteiger partial charge in [-0.15, -0.1) is 0 Å². The summed E-state index contributed by atoms with van der Waals surface area (Å²) in [6.07, 6.45) is -3.16. The first kappa shape index (κ1) is 28.0. The van der Waals surface area contributed by atoms with Gasteiger partial charge < -0.3 is 35.0 Å². The second-order valence-electron chi connectivity index (χ2n) is 6.98. The van der Waals surface area contributed by atoms with Crippen LogP contribution in [0.1, 0.15) is 40.5 Å². The first-order valence-electron chi connectivity index (χ1n) is 9.60. The molecule has 0 aromatic rings. The lowest BCUT2D eigenvalue weighted by atomic mass is 10.0. The van der Waals surface area contributed by atoms with E-state index in [0.29, 0.717) is 6.42 Å². The van der Waals surface area contributed by atoms with Crippen molar-refractivity contribution in [2.24, 2.45) is 0 Å². The van der Waals surface area contributed by atoms with Gasteiger partial charge in [0.1, 0.15) is 30.5 Å². The molecule has 0 saturated carbocycles. The number of ether oxygens (including phenoxy) is 2. The molecule has 10 heteroatoms. The summed E-state index contributed by atoms with van der Waals surface area (Å²) >= 11 is 0. The molecule has 6 unspecified atom stereocenters. The molecule has 6 atom stereocenters. The average Bonchev–Trinajstić information content (AvgIpc) is 2.81. The Kier molecular flexibility index (Phi) is 12.4. The van der Waals surface area contributed by atoms with Gasteiger partial charge in [-0.2, -0.15) is 0 Å². The maximum atomic E-state index is 12.6. The predicted molar refractivity (Wildman–Crippen MR) is 109 cm³/mol. The quantitative estimate of drug-likeness (QED) is 0.278. The summed E-state index contributed by atoms with van der Waals surface area (Å²) in [6, 6.07) is -0.903. The van der Waals surface area contributed by atoms with Gasteiger partial charge in [-0.3, -0.25) is 14.4 Å². The van der Waals surface area contributed by atoms with Gasteiger partial charge in [-0.1, -0.05) is 26.5 Å². The molecule has 0 bridgehead atoms. The van der Waals surface area contributed by atoms with Crippen molar-refractivity contribution in [3.05, 3.63) is 12.2 Å². The number of likely N-dealkylation sites (N-methyl/N-ethyl adjacent to an activating group) is 1. The van der Waals surface area contributed by atoms with E-state index in [1.54, 1.807) is 20.9 Å². The van der Waals surface area contributed by atoms with Crippen molar-refractivity contribution >= 4 is 17.8 Å². The molecule has 4 N–H and O–H groups in total. The highest BCUT2D eigenvalue weighted by molar-refractivity contribution is 5.89. The van der Waals surface area contributed by atoms with Crippen LogP contribution < -0.4 is 5.32 Å². The molecule has 174 valence electrons. The van der Waals surface area contributed by atoms with Gasteiger partial charge in [-0.05, 0) is 19.8 Å². The number of nitrogens with zero attached hydrogens (tertiary/aromatic N) is 1. The lowest BCUT2D eigenvalue weighted by molar-refractivity contribution is -0.151. The third-order valence-electron chi connectivity index (χ3n) is 4.74. The molecule has 0 radical (unpaired) electrons. The number of hydrogen-bond acceptors (Lipinski definition) is 8. The molecule has 1 aliphatic rings. The Bertz CT molecular complexity index is 597. The van der Waals surface area contributed by atoms with Crippen LogP contribution in [0.5, 0.6) is 0 Å². The van der Waals surface area contributed by atoms with Crippen molar-refractivity contribution in [1.82, 2.24) is 10.2 Å². The molecule has 1 aliphatic heterocycles. The molecule has 2 amide bonds. The fourth-order valence-corrected chi connectivity index (χ4v) is 3.08. The second kappa shape index (κ2) is 13.3. The fourth-order valence-electron chi connectivity index (χ4n) is 3.08. The Labute approximate surface area is 177 Å². The lowest BCUT2D eigenvalue weighted by Gasteiger charge is -2.28. The summed E-state index contributed by atoms with van der Waals surface area (Å²) in [7, 11) is 2.71. The summed E-state index contributed by atoms with van der Waals surface area (Å²) < 4.78 is 10.3. The number of aliphatic hydroxyl groups is 3. The number of nitrogens with one attached hydrogen (secondary N) is 1. The van der Waals surface area contributed by atoms with Crippen LogP contribution in [0.4, 0.5) is 0 Å². The summed E-state index contributed by atoms with van der Waals surface area (Å²) in [5, 5.41) is 32.6. The minimum absolute atomic E-state index is 0. The lowest BCUT2D eigenvalue weighted by Crippen LogP contribution is -2.55. The number of rotatable bonds is 9. The molecule has 30 heavy (non-hydrogen) atoms. The number of amides is 2. The van der Waals surface area contributed by atoms with Crippen LogP contribution in [0.2, 0.25) is 0 Å². The number of methoxy groups -OCH3 is 1. The van der Waals surface area contributed by atoms with E-state index in [2.05, 4.69) is 5.32 Å². The van der Waals surface area contributed by atoms with Gasteiger partial charge in [0.05, 0.1) is 6.54 Å². The molecule has 10 nitrogen and oxygen atoms in total. The summed E-state index contributed by atoms with van der Waals surface area (Å²) in [5.74, 6) is -1.54. The predicted octanol–water partition coefficient (Wildman–Crippen LogP) is -0.645. The molecule has 1 rings (SSSR count). The summed E-state index contributed by atoms with van der Waals surface area (Å²) in [4.78, 5) is 38.0. The largest absolute Gasteiger partial charge is 0.460 e. The Hall–Kier alpha value is -2.01. The monoisotopic (exact) mass is 432 g/mol. The smallest absolute Gasteiger partial charge is 0.305 e. The normalized spacial score (nSPS) is 23.7. The number of aliphatic hydroxyl groups excluding tert-OH is 3. The SMILES string of the molecule is C.C/C=C/C(O)C(O)C(O)C(OC)C(=O)NC1CCC(OC(=O)CC)CN(C)C1=O. The van der Waals surface area contributed by atoms with Crippen LogP contribution in [-0.4, -0.2) is 95.3 Å². The van der Waals surface area contributed by atoms with Crippen LogP contribution >= 0.6 is 0 Å². The topological polar surface area (TPSA) is 146 Å². The maximum absolute atomic E-state index is 12.6. The van der Waals surface area contributed by atoms with Crippen LogP contribution in [0.25, 0.3) is 0 Å². The Morgan fingerprint density at radius 3 is 2.43 bits per heavy atom. The number of likely N-dealkylation sites (tertiary alicyclic amines) is 1. The molecule has 1 saturated heterocycles. The highest BCUT2D eigenvalue weighted by Crippen LogP contribution is 2.16. The zero-order valence-electron chi connectivity index (χ0n) is 17.3. The van der Waals surface area contributed by atoms with E-state index in [-0.39, 0.29) is 38.7 Å². The van der Waals surface area contributed by atoms with E-state index in [0.717, 1.165) is 0 Å². The molecule has 0 aliphatic carbocycles. The Balaban J connectivity index is 0.00000841. The summed E-state index contributed by atoms with van der Waals surface area (Å²) in [6.45, 7) is 3.51. The highest BCUT2D eigenvalue weighted by atomic mass is 16.5. The molecule has 1 heterocycles.